The summed E-state index contributed by atoms with van der Waals surface area (Å²) in [6, 6.07) is -0.0767. The largest absolute Gasteiger partial charge is 0.330 e. The van der Waals surface area contributed by atoms with Crippen LogP contribution < -0.4 is 10.5 Å². The van der Waals surface area contributed by atoms with Gasteiger partial charge in [0.25, 0.3) is 10.2 Å². The Labute approximate surface area is 123 Å². The van der Waals surface area contributed by atoms with E-state index < -0.39 is 10.2 Å². The molecule has 1 rings (SSSR count). The van der Waals surface area contributed by atoms with Gasteiger partial charge in [-0.25, -0.2) is 0 Å². The topological polar surface area (TPSA) is 78.7 Å². The highest BCUT2D eigenvalue weighted by atomic mass is 32.2. The minimum Gasteiger partial charge on any atom is -0.330 e. The molecule has 1 saturated heterocycles. The van der Waals surface area contributed by atoms with Crippen molar-refractivity contribution in [2.75, 3.05) is 39.3 Å². The van der Waals surface area contributed by atoms with E-state index in [0.717, 1.165) is 32.5 Å². The molecule has 0 aromatic heterocycles. The first kappa shape index (κ1) is 17.8. The van der Waals surface area contributed by atoms with Crippen LogP contribution in [-0.2, 0) is 10.2 Å². The van der Waals surface area contributed by atoms with Crippen molar-refractivity contribution in [3.8, 4) is 0 Å². The number of piperidine rings is 1. The van der Waals surface area contributed by atoms with Gasteiger partial charge in [0.2, 0.25) is 0 Å². The number of nitrogens with zero attached hydrogens (tertiary/aromatic N) is 2. The van der Waals surface area contributed by atoms with E-state index in [9.17, 15) is 8.42 Å². The molecule has 120 valence electrons. The minimum atomic E-state index is -3.36. The molecule has 0 spiro atoms. The fourth-order valence-corrected chi connectivity index (χ4v) is 4.04. The molecule has 1 aliphatic rings. The van der Waals surface area contributed by atoms with Crippen LogP contribution in [0.5, 0.6) is 0 Å². The van der Waals surface area contributed by atoms with Crippen LogP contribution in [0.15, 0.2) is 0 Å². The van der Waals surface area contributed by atoms with E-state index in [0.29, 0.717) is 25.6 Å². The Morgan fingerprint density at radius 1 is 1.30 bits per heavy atom. The molecule has 3 N–H and O–H groups in total. The maximum Gasteiger partial charge on any atom is 0.279 e. The molecule has 0 aromatic carbocycles. The molecule has 7 heteroatoms. The minimum absolute atomic E-state index is 0.0767. The summed E-state index contributed by atoms with van der Waals surface area (Å²) < 4.78 is 29.0. The fourth-order valence-electron chi connectivity index (χ4n) is 2.62. The van der Waals surface area contributed by atoms with E-state index >= 15 is 0 Å². The highest BCUT2D eigenvalue weighted by Crippen LogP contribution is 2.18. The van der Waals surface area contributed by atoms with Gasteiger partial charge in [0.1, 0.15) is 0 Å². The predicted octanol–water partition coefficient (Wildman–Crippen LogP) is 0.222. The molecular formula is C13H30N4O2S. The van der Waals surface area contributed by atoms with Gasteiger partial charge in [-0.1, -0.05) is 13.8 Å². The zero-order chi connectivity index (χ0) is 15.2. The lowest BCUT2D eigenvalue weighted by atomic mass is 9.99. The molecule has 1 heterocycles. The zero-order valence-corrected chi connectivity index (χ0v) is 13.8. The van der Waals surface area contributed by atoms with Crippen LogP contribution in [0, 0.1) is 5.92 Å². The molecule has 0 aliphatic carbocycles. The van der Waals surface area contributed by atoms with E-state index in [2.05, 4.69) is 23.5 Å². The molecule has 0 aromatic rings. The van der Waals surface area contributed by atoms with Gasteiger partial charge in [-0.2, -0.15) is 17.4 Å². The maximum atomic E-state index is 12.3. The lowest BCUT2D eigenvalue weighted by molar-refractivity contribution is 0.263. The van der Waals surface area contributed by atoms with Gasteiger partial charge in [-0.05, 0) is 45.3 Å². The van der Waals surface area contributed by atoms with Gasteiger partial charge in [-0.15, -0.1) is 0 Å². The van der Waals surface area contributed by atoms with E-state index in [1.54, 1.807) is 4.31 Å². The second-order valence-electron chi connectivity index (χ2n) is 5.59. The normalized spacial score (nSPS) is 20.4. The summed E-state index contributed by atoms with van der Waals surface area (Å²) >= 11 is 0. The quantitative estimate of drug-likeness (QED) is 0.672. The number of likely N-dealkylation sites (N-methyl/N-ethyl adjacent to an activating group) is 1. The Balaban J connectivity index is 2.49. The molecule has 1 unspecified atom stereocenters. The Morgan fingerprint density at radius 3 is 2.30 bits per heavy atom. The molecular weight excluding hydrogens is 276 g/mol. The van der Waals surface area contributed by atoms with E-state index in [1.165, 1.54) is 0 Å². The van der Waals surface area contributed by atoms with Crippen molar-refractivity contribution < 1.29 is 8.42 Å². The van der Waals surface area contributed by atoms with Gasteiger partial charge in [0.05, 0.1) is 0 Å². The van der Waals surface area contributed by atoms with Crippen LogP contribution in [0.25, 0.3) is 0 Å². The molecule has 0 radical (unpaired) electrons. The summed E-state index contributed by atoms with van der Waals surface area (Å²) in [5.74, 6) is 0.467. The molecule has 1 atom stereocenters. The van der Waals surface area contributed by atoms with Crippen molar-refractivity contribution >= 4 is 10.2 Å². The fraction of sp³-hybridized carbons (Fsp3) is 1.00. The summed E-state index contributed by atoms with van der Waals surface area (Å²) in [7, 11) is -3.36. The van der Waals surface area contributed by atoms with Crippen molar-refractivity contribution in [2.24, 2.45) is 11.7 Å². The molecule has 1 fully saturated rings. The van der Waals surface area contributed by atoms with Gasteiger partial charge < -0.3 is 10.6 Å². The SMILES string of the molecule is CCN(CC)CC(C)NS(=O)(=O)N1CCC(CN)CC1. The van der Waals surface area contributed by atoms with E-state index in [-0.39, 0.29) is 6.04 Å². The zero-order valence-electron chi connectivity index (χ0n) is 13.0. The van der Waals surface area contributed by atoms with E-state index in [4.69, 9.17) is 5.73 Å². The number of hydrogen-bond acceptors (Lipinski definition) is 4. The summed E-state index contributed by atoms with van der Waals surface area (Å²) in [4.78, 5) is 2.22. The van der Waals surface area contributed by atoms with Crippen LogP contribution >= 0.6 is 0 Å². The lowest BCUT2D eigenvalue weighted by Gasteiger charge is -2.32. The monoisotopic (exact) mass is 306 g/mol. The Bertz CT molecular complexity index is 363. The number of nitrogens with two attached hydrogens (primary N) is 1. The van der Waals surface area contributed by atoms with Gasteiger partial charge in [0.15, 0.2) is 0 Å². The maximum absolute atomic E-state index is 12.3. The first-order valence-electron chi connectivity index (χ1n) is 7.62. The number of hydrogen-bond donors (Lipinski definition) is 2. The molecule has 6 nitrogen and oxygen atoms in total. The van der Waals surface area contributed by atoms with Crippen molar-refractivity contribution in [1.29, 1.82) is 0 Å². The average Bonchev–Trinajstić information content (AvgIpc) is 2.44. The third-order valence-electron chi connectivity index (χ3n) is 4.02. The van der Waals surface area contributed by atoms with Crippen LogP contribution in [-0.4, -0.2) is 62.9 Å². The molecule has 0 amide bonds. The van der Waals surface area contributed by atoms with Gasteiger partial charge in [0, 0.05) is 25.7 Å². The highest BCUT2D eigenvalue weighted by Gasteiger charge is 2.28. The second kappa shape index (κ2) is 8.29. The average molecular weight is 306 g/mol. The summed E-state index contributed by atoms with van der Waals surface area (Å²) in [5.41, 5.74) is 5.63. The van der Waals surface area contributed by atoms with Gasteiger partial charge >= 0.3 is 0 Å². The first-order valence-corrected chi connectivity index (χ1v) is 9.06. The Morgan fingerprint density at radius 2 is 1.85 bits per heavy atom. The summed E-state index contributed by atoms with van der Waals surface area (Å²) in [5, 5.41) is 0. The Hall–Kier alpha value is -0.210. The van der Waals surface area contributed by atoms with Crippen molar-refractivity contribution in [2.45, 2.75) is 39.7 Å². The van der Waals surface area contributed by atoms with Crippen molar-refractivity contribution in [3.05, 3.63) is 0 Å². The third-order valence-corrected chi connectivity index (χ3v) is 5.77. The molecule has 1 aliphatic heterocycles. The van der Waals surface area contributed by atoms with Crippen molar-refractivity contribution in [1.82, 2.24) is 13.9 Å². The van der Waals surface area contributed by atoms with Crippen LogP contribution in [0.2, 0.25) is 0 Å². The standard InChI is InChI=1S/C13H30N4O2S/c1-4-16(5-2)11-12(3)15-20(18,19)17-8-6-13(10-14)7-9-17/h12-13,15H,4-11,14H2,1-3H3. The summed E-state index contributed by atoms with van der Waals surface area (Å²) in [6.07, 6.45) is 1.73. The highest BCUT2D eigenvalue weighted by molar-refractivity contribution is 7.87. The predicted molar refractivity (Wildman–Crippen MR) is 82.7 cm³/mol. The smallest absolute Gasteiger partial charge is 0.279 e. The lowest BCUT2D eigenvalue weighted by Crippen LogP contribution is -2.50. The molecule has 0 saturated carbocycles. The third kappa shape index (κ3) is 5.29. The van der Waals surface area contributed by atoms with Crippen LogP contribution in [0.1, 0.15) is 33.6 Å². The number of nitrogens with one attached hydrogen (secondary N) is 1. The number of rotatable bonds is 8. The summed E-state index contributed by atoms with van der Waals surface area (Å²) in [6.45, 7) is 10.5. The van der Waals surface area contributed by atoms with E-state index in [1.807, 2.05) is 6.92 Å². The second-order valence-corrected chi connectivity index (χ2v) is 7.29. The van der Waals surface area contributed by atoms with Crippen LogP contribution in [0.3, 0.4) is 0 Å². The Kier molecular flexibility index (Phi) is 7.39. The molecule has 0 bridgehead atoms. The van der Waals surface area contributed by atoms with Crippen molar-refractivity contribution in [3.63, 3.8) is 0 Å². The van der Waals surface area contributed by atoms with Gasteiger partial charge in [-0.3, -0.25) is 0 Å². The molecule has 20 heavy (non-hydrogen) atoms. The first-order chi connectivity index (χ1) is 9.42. The van der Waals surface area contributed by atoms with Crippen LogP contribution in [0.4, 0.5) is 0 Å².